The lowest BCUT2D eigenvalue weighted by atomic mass is 10.1. The zero-order chi connectivity index (χ0) is 14.0. The lowest BCUT2D eigenvalue weighted by Gasteiger charge is -2.17. The molecule has 2 rings (SSSR count). The van der Waals surface area contributed by atoms with E-state index in [1.54, 1.807) is 50.3 Å². The van der Waals surface area contributed by atoms with Gasteiger partial charge in [0.05, 0.1) is 19.9 Å². The molecule has 1 heterocycles. The van der Waals surface area contributed by atoms with E-state index < -0.39 is 6.10 Å². The van der Waals surface area contributed by atoms with Crippen LogP contribution in [-0.4, -0.2) is 29.1 Å². The van der Waals surface area contributed by atoms with E-state index in [4.69, 9.17) is 9.47 Å². The topological polar surface area (TPSA) is 56.5 Å². The van der Waals surface area contributed by atoms with E-state index >= 15 is 0 Å². The minimum absolute atomic E-state index is 0.549. The summed E-state index contributed by atoms with van der Waals surface area (Å²) in [5, 5.41) is 14.5. The molecule has 1 unspecified atom stereocenters. The van der Waals surface area contributed by atoms with Crippen LogP contribution in [0.1, 0.15) is 17.4 Å². The SMILES string of the molecule is COc1ccc(C(O)c2ccnn2C)c(OC)c1Br. The number of benzene rings is 1. The Hall–Kier alpha value is -1.53. The molecule has 2 aromatic rings. The first-order valence-corrected chi connectivity index (χ1v) is 6.45. The number of hydrogen-bond acceptors (Lipinski definition) is 4. The molecule has 0 aliphatic rings. The molecule has 6 heteroatoms. The molecule has 0 fully saturated rings. The maximum absolute atomic E-state index is 10.5. The fourth-order valence-electron chi connectivity index (χ4n) is 1.95. The Morgan fingerprint density at radius 1 is 1.26 bits per heavy atom. The molecule has 1 N–H and O–H groups in total. The van der Waals surface area contributed by atoms with Crippen molar-refractivity contribution in [2.75, 3.05) is 14.2 Å². The maximum atomic E-state index is 10.5. The second kappa shape index (κ2) is 5.63. The highest BCUT2D eigenvalue weighted by molar-refractivity contribution is 9.10. The van der Waals surface area contributed by atoms with Gasteiger partial charge < -0.3 is 14.6 Å². The van der Waals surface area contributed by atoms with Gasteiger partial charge in [-0.25, -0.2) is 0 Å². The van der Waals surface area contributed by atoms with Crippen LogP contribution in [0.15, 0.2) is 28.9 Å². The van der Waals surface area contributed by atoms with Crippen molar-refractivity contribution in [3.8, 4) is 11.5 Å². The summed E-state index contributed by atoms with van der Waals surface area (Å²) in [4.78, 5) is 0. The standard InChI is InChI=1S/C13H15BrN2O3/c1-16-9(6-7-15-16)12(17)8-4-5-10(18-2)11(14)13(8)19-3/h4-7,12,17H,1-3H3. The molecule has 0 saturated heterocycles. The third-order valence-electron chi connectivity index (χ3n) is 2.95. The van der Waals surface area contributed by atoms with Gasteiger partial charge in [-0.3, -0.25) is 4.68 Å². The zero-order valence-electron chi connectivity index (χ0n) is 10.9. The molecule has 102 valence electrons. The summed E-state index contributed by atoms with van der Waals surface area (Å²) in [6, 6.07) is 5.32. The summed E-state index contributed by atoms with van der Waals surface area (Å²) in [6.45, 7) is 0. The quantitative estimate of drug-likeness (QED) is 0.936. The molecular weight excluding hydrogens is 312 g/mol. The number of nitrogens with zero attached hydrogens (tertiary/aromatic N) is 2. The van der Waals surface area contributed by atoms with Gasteiger partial charge in [-0.05, 0) is 34.1 Å². The summed E-state index contributed by atoms with van der Waals surface area (Å²) in [6.07, 6.45) is 0.827. The van der Waals surface area contributed by atoms with Gasteiger partial charge in [0.15, 0.2) is 0 Å². The number of rotatable bonds is 4. The maximum Gasteiger partial charge on any atom is 0.143 e. The Balaban J connectivity index is 2.51. The average molecular weight is 327 g/mol. The van der Waals surface area contributed by atoms with Gasteiger partial charge in [0.25, 0.3) is 0 Å². The van der Waals surface area contributed by atoms with Crippen LogP contribution in [0.2, 0.25) is 0 Å². The number of ether oxygens (including phenoxy) is 2. The van der Waals surface area contributed by atoms with Crippen LogP contribution in [0.25, 0.3) is 0 Å². The summed E-state index contributed by atoms with van der Waals surface area (Å²) in [7, 11) is 4.92. The van der Waals surface area contributed by atoms with Crippen molar-refractivity contribution in [1.82, 2.24) is 9.78 Å². The molecular formula is C13H15BrN2O3. The Kier molecular flexibility index (Phi) is 4.11. The van der Waals surface area contributed by atoms with Gasteiger partial charge in [-0.2, -0.15) is 5.10 Å². The van der Waals surface area contributed by atoms with Crippen LogP contribution >= 0.6 is 15.9 Å². The highest BCUT2D eigenvalue weighted by Gasteiger charge is 2.21. The molecule has 0 bridgehead atoms. The van der Waals surface area contributed by atoms with Crippen molar-refractivity contribution in [3.63, 3.8) is 0 Å². The third kappa shape index (κ3) is 2.46. The molecule has 1 aromatic heterocycles. The molecule has 0 amide bonds. The van der Waals surface area contributed by atoms with Gasteiger partial charge >= 0.3 is 0 Å². The molecule has 0 saturated carbocycles. The Morgan fingerprint density at radius 2 is 2.00 bits per heavy atom. The van der Waals surface area contributed by atoms with Crippen LogP contribution in [0, 0.1) is 0 Å². The number of methoxy groups -OCH3 is 2. The third-order valence-corrected chi connectivity index (χ3v) is 3.70. The number of aromatic nitrogens is 2. The van der Waals surface area contributed by atoms with Crippen molar-refractivity contribution < 1.29 is 14.6 Å². The van der Waals surface area contributed by atoms with Crippen LogP contribution in [0.4, 0.5) is 0 Å². The average Bonchev–Trinajstić information content (AvgIpc) is 2.83. The van der Waals surface area contributed by atoms with Gasteiger partial charge in [0.2, 0.25) is 0 Å². The number of aliphatic hydroxyl groups excluding tert-OH is 1. The van der Waals surface area contributed by atoms with E-state index in [1.807, 2.05) is 0 Å². The fourth-order valence-corrected chi connectivity index (χ4v) is 2.63. The second-order valence-corrected chi connectivity index (χ2v) is 4.78. The second-order valence-electron chi connectivity index (χ2n) is 3.99. The fraction of sp³-hybridized carbons (Fsp3) is 0.308. The van der Waals surface area contributed by atoms with Crippen LogP contribution < -0.4 is 9.47 Å². The summed E-state index contributed by atoms with van der Waals surface area (Å²) >= 11 is 3.42. The van der Waals surface area contributed by atoms with Crippen molar-refractivity contribution in [2.45, 2.75) is 6.10 Å². The first kappa shape index (κ1) is 13.9. The summed E-state index contributed by atoms with van der Waals surface area (Å²) in [5.74, 6) is 1.20. The van der Waals surface area contributed by atoms with E-state index in [0.717, 1.165) is 0 Å². The van der Waals surface area contributed by atoms with Gasteiger partial charge in [-0.1, -0.05) is 0 Å². The molecule has 5 nitrogen and oxygen atoms in total. The monoisotopic (exact) mass is 326 g/mol. The Labute approximate surface area is 119 Å². The highest BCUT2D eigenvalue weighted by atomic mass is 79.9. The molecule has 0 radical (unpaired) electrons. The molecule has 0 spiro atoms. The lowest BCUT2D eigenvalue weighted by Crippen LogP contribution is -2.08. The van der Waals surface area contributed by atoms with Gasteiger partial charge in [0, 0.05) is 18.8 Å². The first-order valence-electron chi connectivity index (χ1n) is 5.66. The van der Waals surface area contributed by atoms with E-state index in [1.165, 1.54) is 0 Å². The van der Waals surface area contributed by atoms with E-state index in [-0.39, 0.29) is 0 Å². The molecule has 1 aromatic carbocycles. The van der Waals surface area contributed by atoms with Crippen LogP contribution in [0.3, 0.4) is 0 Å². The molecule has 0 aliphatic heterocycles. The Bertz CT molecular complexity index is 583. The smallest absolute Gasteiger partial charge is 0.143 e. The minimum Gasteiger partial charge on any atom is -0.495 e. The number of halogens is 1. The first-order chi connectivity index (χ1) is 9.10. The highest BCUT2D eigenvalue weighted by Crippen LogP contribution is 2.40. The van der Waals surface area contributed by atoms with Crippen molar-refractivity contribution in [3.05, 3.63) is 40.1 Å². The lowest BCUT2D eigenvalue weighted by molar-refractivity contribution is 0.204. The van der Waals surface area contributed by atoms with E-state index in [2.05, 4.69) is 21.0 Å². The van der Waals surface area contributed by atoms with Crippen LogP contribution in [0.5, 0.6) is 11.5 Å². The number of aliphatic hydroxyl groups is 1. The minimum atomic E-state index is -0.815. The predicted octanol–water partition coefficient (Wildman–Crippen LogP) is 2.28. The van der Waals surface area contributed by atoms with Gasteiger partial charge in [0.1, 0.15) is 22.1 Å². The number of hydrogen-bond donors (Lipinski definition) is 1. The Morgan fingerprint density at radius 3 is 2.53 bits per heavy atom. The molecule has 0 aliphatic carbocycles. The van der Waals surface area contributed by atoms with Crippen molar-refractivity contribution in [1.29, 1.82) is 0 Å². The summed E-state index contributed by atoms with van der Waals surface area (Å²) < 4.78 is 12.9. The van der Waals surface area contributed by atoms with E-state index in [9.17, 15) is 5.11 Å². The number of aryl methyl sites for hydroxylation is 1. The van der Waals surface area contributed by atoms with Gasteiger partial charge in [-0.15, -0.1) is 0 Å². The van der Waals surface area contributed by atoms with Crippen LogP contribution in [-0.2, 0) is 7.05 Å². The largest absolute Gasteiger partial charge is 0.495 e. The van der Waals surface area contributed by atoms with Crippen molar-refractivity contribution in [2.24, 2.45) is 7.05 Å². The zero-order valence-corrected chi connectivity index (χ0v) is 12.5. The molecule has 19 heavy (non-hydrogen) atoms. The predicted molar refractivity (Wildman–Crippen MR) is 74.5 cm³/mol. The van der Waals surface area contributed by atoms with Crippen molar-refractivity contribution >= 4 is 15.9 Å². The van der Waals surface area contributed by atoms with E-state index in [0.29, 0.717) is 27.2 Å². The normalized spacial score (nSPS) is 12.3. The molecule has 1 atom stereocenters. The summed E-state index contributed by atoms with van der Waals surface area (Å²) in [5.41, 5.74) is 1.34.